The zero-order valence-corrected chi connectivity index (χ0v) is 10.0. The first-order valence-electron chi connectivity index (χ1n) is 5.29. The lowest BCUT2D eigenvalue weighted by atomic mass is 10.6. The van der Waals surface area contributed by atoms with Crippen LogP contribution >= 0.6 is 8.07 Å². The first-order valence-corrected chi connectivity index (χ1v) is 6.96. The van der Waals surface area contributed by atoms with Crippen molar-refractivity contribution in [1.29, 1.82) is 0 Å². The molecular formula is C10H24NP. The van der Waals surface area contributed by atoms with Gasteiger partial charge in [-0.25, -0.2) is 0 Å². The molecule has 2 heteroatoms. The van der Waals surface area contributed by atoms with E-state index < -0.39 is 0 Å². The monoisotopic (exact) mass is 189 g/mol. The lowest BCUT2D eigenvalue weighted by molar-refractivity contribution is 0.503. The Morgan fingerprint density at radius 2 is 1.25 bits per heavy atom. The van der Waals surface area contributed by atoms with E-state index in [0.29, 0.717) is 0 Å². The van der Waals surface area contributed by atoms with Gasteiger partial charge in [0.15, 0.2) is 0 Å². The van der Waals surface area contributed by atoms with Gasteiger partial charge in [0.1, 0.15) is 0 Å². The molecule has 0 aromatic rings. The molecule has 0 N–H and O–H groups in total. The summed E-state index contributed by atoms with van der Waals surface area (Å²) in [6, 6.07) is 0. The fourth-order valence-electron chi connectivity index (χ4n) is 1.53. The molecule has 0 unspecified atom stereocenters. The van der Waals surface area contributed by atoms with Gasteiger partial charge < -0.3 is 0 Å². The highest BCUT2D eigenvalue weighted by molar-refractivity contribution is 7.55. The van der Waals surface area contributed by atoms with E-state index >= 15 is 0 Å². The molecule has 12 heavy (non-hydrogen) atoms. The smallest absolute Gasteiger partial charge is 0.000766 e. The molecule has 0 saturated carbocycles. The quantitative estimate of drug-likeness (QED) is 0.554. The Morgan fingerprint density at radius 1 is 0.833 bits per heavy atom. The number of nitrogens with zero attached hydrogens (tertiary/aromatic N) is 1. The predicted octanol–water partition coefficient (Wildman–Crippen LogP) is 3.55. The highest BCUT2D eigenvalue weighted by Gasteiger charge is 2.12. The third-order valence-electron chi connectivity index (χ3n) is 2.09. The van der Waals surface area contributed by atoms with Crippen molar-refractivity contribution in [2.45, 2.75) is 40.5 Å². The van der Waals surface area contributed by atoms with Crippen molar-refractivity contribution in [3.8, 4) is 0 Å². The Balaban J connectivity index is 3.86. The molecule has 1 nitrogen and oxygen atoms in total. The molecule has 0 saturated heterocycles. The number of hydrogen-bond acceptors (Lipinski definition) is 1. The van der Waals surface area contributed by atoms with Crippen LogP contribution in [0.3, 0.4) is 0 Å². The molecule has 0 aliphatic heterocycles. The zero-order chi connectivity index (χ0) is 9.40. The van der Waals surface area contributed by atoms with Crippen LogP contribution in [0.4, 0.5) is 0 Å². The molecule has 0 spiro atoms. The van der Waals surface area contributed by atoms with Crippen LogP contribution in [-0.4, -0.2) is 30.1 Å². The summed E-state index contributed by atoms with van der Waals surface area (Å²) in [7, 11) is 0.209. The average molecular weight is 189 g/mol. The van der Waals surface area contributed by atoms with E-state index in [9.17, 15) is 0 Å². The Hall–Kier alpha value is 0.390. The van der Waals surface area contributed by atoms with E-state index in [1.165, 1.54) is 38.3 Å². The molecule has 0 rings (SSSR count). The van der Waals surface area contributed by atoms with Crippen molar-refractivity contribution in [3.63, 3.8) is 0 Å². The molecule has 0 fully saturated rings. The van der Waals surface area contributed by atoms with Gasteiger partial charge >= 0.3 is 0 Å². The largest absolute Gasteiger partial charge is 0.282 e. The summed E-state index contributed by atoms with van der Waals surface area (Å²) in [6.45, 7) is 11.6. The van der Waals surface area contributed by atoms with Gasteiger partial charge in [0.25, 0.3) is 0 Å². The van der Waals surface area contributed by atoms with E-state index in [2.05, 4.69) is 32.4 Å². The second-order valence-electron chi connectivity index (χ2n) is 3.09. The molecule has 0 aliphatic carbocycles. The maximum atomic E-state index is 2.66. The molecule has 0 bridgehead atoms. The van der Waals surface area contributed by atoms with E-state index in [1.54, 1.807) is 0 Å². The Morgan fingerprint density at radius 3 is 1.50 bits per heavy atom. The summed E-state index contributed by atoms with van der Waals surface area (Å²) in [5, 5.41) is 0. The van der Waals surface area contributed by atoms with Crippen molar-refractivity contribution in [2.24, 2.45) is 0 Å². The number of rotatable bonds is 7. The standard InChI is InChI=1S/C10H24NP/c1-5-9-12(10-6-2)11(7-3)8-4/h5-10H2,1-4H3. The fourth-order valence-corrected chi connectivity index (χ4v) is 4.16. The van der Waals surface area contributed by atoms with E-state index in [1.807, 2.05) is 0 Å². The lowest BCUT2D eigenvalue weighted by Gasteiger charge is -2.29. The van der Waals surface area contributed by atoms with Gasteiger partial charge in [-0.3, -0.25) is 4.67 Å². The molecule has 0 heterocycles. The molecule has 0 aliphatic rings. The van der Waals surface area contributed by atoms with Crippen molar-refractivity contribution in [2.75, 3.05) is 25.4 Å². The van der Waals surface area contributed by atoms with Gasteiger partial charge in [-0.15, -0.1) is 0 Å². The highest BCUT2D eigenvalue weighted by atomic mass is 31.1. The lowest BCUT2D eigenvalue weighted by Crippen LogP contribution is -2.19. The maximum Gasteiger partial charge on any atom is -0.000766 e. The topological polar surface area (TPSA) is 3.24 Å². The summed E-state index contributed by atoms with van der Waals surface area (Å²) in [5.41, 5.74) is 0. The molecule has 0 radical (unpaired) electrons. The molecule has 0 atom stereocenters. The first kappa shape index (κ1) is 12.4. The van der Waals surface area contributed by atoms with Crippen molar-refractivity contribution in [3.05, 3.63) is 0 Å². The highest BCUT2D eigenvalue weighted by Crippen LogP contribution is 2.40. The first-order chi connectivity index (χ1) is 5.79. The summed E-state index contributed by atoms with van der Waals surface area (Å²) < 4.78 is 2.66. The van der Waals surface area contributed by atoms with Crippen LogP contribution in [0.2, 0.25) is 0 Å². The van der Waals surface area contributed by atoms with Crippen LogP contribution in [0.15, 0.2) is 0 Å². The molecular weight excluding hydrogens is 165 g/mol. The van der Waals surface area contributed by atoms with Crippen molar-refractivity contribution >= 4 is 8.07 Å². The van der Waals surface area contributed by atoms with Crippen LogP contribution in [0.1, 0.15) is 40.5 Å². The molecule has 0 aromatic heterocycles. The fraction of sp³-hybridized carbons (Fsp3) is 1.00. The van der Waals surface area contributed by atoms with Crippen LogP contribution < -0.4 is 0 Å². The Bertz CT molecular complexity index is 85.8. The average Bonchev–Trinajstić information content (AvgIpc) is 2.07. The Labute approximate surface area is 79.3 Å². The van der Waals surface area contributed by atoms with E-state index in [4.69, 9.17) is 0 Å². The van der Waals surface area contributed by atoms with Gasteiger partial charge in [-0.1, -0.05) is 40.5 Å². The molecule has 0 amide bonds. The molecule has 0 aromatic carbocycles. The van der Waals surface area contributed by atoms with Gasteiger partial charge in [-0.2, -0.15) is 0 Å². The maximum absolute atomic E-state index is 2.66. The minimum Gasteiger partial charge on any atom is -0.282 e. The van der Waals surface area contributed by atoms with E-state index in [0.717, 1.165) is 0 Å². The third kappa shape index (κ3) is 4.42. The Kier molecular flexibility index (Phi) is 8.27. The van der Waals surface area contributed by atoms with Gasteiger partial charge in [-0.05, 0) is 33.5 Å². The van der Waals surface area contributed by atoms with Crippen molar-refractivity contribution < 1.29 is 0 Å². The van der Waals surface area contributed by atoms with Gasteiger partial charge in [0.2, 0.25) is 0 Å². The summed E-state index contributed by atoms with van der Waals surface area (Å²) in [5.74, 6) is 0. The normalized spacial score (nSPS) is 11.5. The summed E-state index contributed by atoms with van der Waals surface area (Å²) in [4.78, 5) is 0. The van der Waals surface area contributed by atoms with Crippen LogP contribution in [-0.2, 0) is 0 Å². The minimum absolute atomic E-state index is 0.209. The van der Waals surface area contributed by atoms with Gasteiger partial charge in [0, 0.05) is 0 Å². The second-order valence-corrected chi connectivity index (χ2v) is 5.57. The van der Waals surface area contributed by atoms with Gasteiger partial charge in [0.05, 0.1) is 0 Å². The second kappa shape index (κ2) is 8.01. The third-order valence-corrected chi connectivity index (χ3v) is 5.39. The summed E-state index contributed by atoms with van der Waals surface area (Å²) >= 11 is 0. The van der Waals surface area contributed by atoms with Crippen LogP contribution in [0, 0.1) is 0 Å². The van der Waals surface area contributed by atoms with Crippen LogP contribution in [0.25, 0.3) is 0 Å². The summed E-state index contributed by atoms with van der Waals surface area (Å²) in [6.07, 6.45) is 5.57. The predicted molar refractivity (Wildman–Crippen MR) is 60.2 cm³/mol. The van der Waals surface area contributed by atoms with Crippen molar-refractivity contribution in [1.82, 2.24) is 4.67 Å². The van der Waals surface area contributed by atoms with E-state index in [-0.39, 0.29) is 8.07 Å². The SMILES string of the molecule is CCCP(CCC)N(CC)CC. The minimum atomic E-state index is 0.209. The molecule has 74 valence electrons. The zero-order valence-electron chi connectivity index (χ0n) is 9.14. The van der Waals surface area contributed by atoms with Crippen LogP contribution in [0.5, 0.6) is 0 Å². The number of hydrogen-bond donors (Lipinski definition) is 0.